The van der Waals surface area contributed by atoms with Crippen molar-refractivity contribution >= 4 is 29.2 Å². The number of nitro groups is 1. The smallest absolute Gasteiger partial charge is 0.374 e. The number of nitrogens with two attached hydrogens (primary N) is 2. The van der Waals surface area contributed by atoms with Crippen LogP contribution < -0.4 is 11.5 Å². The zero-order chi connectivity index (χ0) is 18.5. The number of ether oxygens (including phenoxy) is 1. The number of amides is 1. The van der Waals surface area contributed by atoms with E-state index in [-0.39, 0.29) is 23.8 Å². The summed E-state index contributed by atoms with van der Waals surface area (Å²) in [5.74, 6) is -1.39. The van der Waals surface area contributed by atoms with Gasteiger partial charge in [0.1, 0.15) is 12.0 Å². The van der Waals surface area contributed by atoms with Crippen molar-refractivity contribution in [3.8, 4) is 0 Å². The summed E-state index contributed by atoms with van der Waals surface area (Å²) in [6.45, 7) is 0. The quantitative estimate of drug-likeness (QED) is 0.229. The molecule has 0 aromatic carbocycles. The zero-order valence-corrected chi connectivity index (χ0v) is 13.3. The van der Waals surface area contributed by atoms with E-state index in [0.29, 0.717) is 25.7 Å². The van der Waals surface area contributed by atoms with Gasteiger partial charge in [0.25, 0.3) is 5.69 Å². The Balaban J connectivity index is 0.000000463. The lowest BCUT2D eigenvalue weighted by Gasteiger charge is -1.98. The van der Waals surface area contributed by atoms with Gasteiger partial charge in [-0.15, -0.1) is 0 Å². The Bertz CT molecular complexity index is 573. The van der Waals surface area contributed by atoms with Crippen molar-refractivity contribution in [3.05, 3.63) is 28.4 Å². The van der Waals surface area contributed by atoms with Gasteiger partial charge in [0.2, 0.25) is 11.7 Å². The highest BCUT2D eigenvalue weighted by Crippen LogP contribution is 2.08. The topological polar surface area (TPSA) is 169 Å². The minimum absolute atomic E-state index is 0.0470. The molecule has 4 N–H and O–H groups in total. The lowest BCUT2D eigenvalue weighted by Crippen LogP contribution is -2.15. The van der Waals surface area contributed by atoms with Gasteiger partial charge in [0.15, 0.2) is 0 Å². The van der Waals surface area contributed by atoms with Crippen molar-refractivity contribution < 1.29 is 24.0 Å². The van der Waals surface area contributed by atoms with E-state index in [9.17, 15) is 24.5 Å². The summed E-state index contributed by atoms with van der Waals surface area (Å²) < 4.78 is 4.24. The van der Waals surface area contributed by atoms with E-state index >= 15 is 0 Å². The number of anilines is 1. The minimum Gasteiger partial charge on any atom is -0.463 e. The average Bonchev–Trinajstić information content (AvgIpc) is 2.54. The maximum atomic E-state index is 10.9. The van der Waals surface area contributed by atoms with Crippen molar-refractivity contribution in [2.24, 2.45) is 5.73 Å². The van der Waals surface area contributed by atoms with Crippen LogP contribution in [0.15, 0.2) is 18.3 Å². The predicted molar refractivity (Wildman–Crippen MR) is 84.6 cm³/mol. The molecule has 1 heterocycles. The Hall–Kier alpha value is -3.04. The Kier molecular flexibility index (Phi) is 10.1. The molecule has 10 nitrogen and oxygen atoms in total. The van der Waals surface area contributed by atoms with Crippen LogP contribution >= 0.6 is 0 Å². The Morgan fingerprint density at radius 1 is 1.21 bits per heavy atom. The standard InChI is InChI=1S/C9H15NO4.C5H5N3O2/c1-14-9(13)7(11)5-3-2-4-6-8(10)12;6-5-2-1-4(3-7-5)8(9)10/h2-6H2,1H3,(H2,10,12);1-3H,(H2,6,7). The molecule has 1 aromatic rings. The van der Waals surface area contributed by atoms with E-state index in [2.05, 4.69) is 9.72 Å². The van der Waals surface area contributed by atoms with Crippen LogP contribution in [0.2, 0.25) is 0 Å². The molecule has 24 heavy (non-hydrogen) atoms. The number of esters is 1. The molecule has 0 spiro atoms. The summed E-state index contributed by atoms with van der Waals surface area (Å²) >= 11 is 0. The van der Waals surface area contributed by atoms with Gasteiger partial charge in [-0.2, -0.15) is 0 Å². The third-order valence-electron chi connectivity index (χ3n) is 2.72. The fourth-order valence-corrected chi connectivity index (χ4v) is 1.48. The number of rotatable bonds is 8. The first-order chi connectivity index (χ1) is 11.3. The van der Waals surface area contributed by atoms with E-state index in [1.807, 2.05) is 0 Å². The number of nitrogen functional groups attached to an aromatic ring is 1. The molecule has 0 saturated heterocycles. The second-order valence-corrected chi connectivity index (χ2v) is 4.64. The molecular weight excluding hydrogens is 320 g/mol. The Labute approximate surface area is 138 Å². The van der Waals surface area contributed by atoms with Gasteiger partial charge in [-0.25, -0.2) is 9.78 Å². The first-order valence-electron chi connectivity index (χ1n) is 7.03. The predicted octanol–water partition coefficient (Wildman–Crippen LogP) is 0.736. The molecule has 0 bridgehead atoms. The molecule has 0 aliphatic rings. The number of hydrogen-bond acceptors (Lipinski definition) is 8. The van der Waals surface area contributed by atoms with Crippen molar-refractivity contribution in [1.29, 1.82) is 0 Å². The molecule has 10 heteroatoms. The van der Waals surface area contributed by atoms with Crippen LogP contribution in [0.1, 0.15) is 32.1 Å². The van der Waals surface area contributed by atoms with E-state index in [4.69, 9.17) is 11.5 Å². The SMILES string of the molecule is COC(=O)C(=O)CCCCCC(N)=O.Nc1ccc([N+](=O)[O-])cn1. The summed E-state index contributed by atoms with van der Waals surface area (Å²) in [6.07, 6.45) is 3.57. The number of primary amides is 1. The number of pyridine rings is 1. The van der Waals surface area contributed by atoms with Crippen LogP contribution in [0.4, 0.5) is 11.5 Å². The highest BCUT2D eigenvalue weighted by molar-refractivity contribution is 6.33. The number of nitrogens with zero attached hydrogens (tertiary/aromatic N) is 2. The van der Waals surface area contributed by atoms with Crippen LogP contribution in [0.3, 0.4) is 0 Å². The van der Waals surface area contributed by atoms with Crippen LogP contribution in [0.25, 0.3) is 0 Å². The molecule has 1 aromatic heterocycles. The molecule has 1 rings (SSSR count). The summed E-state index contributed by atoms with van der Waals surface area (Å²) in [7, 11) is 1.17. The molecule has 0 saturated carbocycles. The Morgan fingerprint density at radius 2 is 1.83 bits per heavy atom. The highest BCUT2D eigenvalue weighted by atomic mass is 16.6. The van der Waals surface area contributed by atoms with Gasteiger partial charge >= 0.3 is 5.97 Å². The molecule has 0 unspecified atom stereocenters. The van der Waals surface area contributed by atoms with Crippen LogP contribution in [-0.4, -0.2) is 34.7 Å². The summed E-state index contributed by atoms with van der Waals surface area (Å²) in [5, 5.41) is 10.0. The second-order valence-electron chi connectivity index (χ2n) is 4.64. The third kappa shape index (κ3) is 9.82. The minimum atomic E-state index is -0.806. The fraction of sp³-hybridized carbons (Fsp3) is 0.429. The van der Waals surface area contributed by atoms with Crippen molar-refractivity contribution in [2.75, 3.05) is 12.8 Å². The number of hydrogen-bond donors (Lipinski definition) is 2. The van der Waals surface area contributed by atoms with E-state index in [1.165, 1.54) is 19.2 Å². The van der Waals surface area contributed by atoms with Crippen LogP contribution in [-0.2, 0) is 19.1 Å². The number of aromatic nitrogens is 1. The first kappa shape index (κ1) is 21.0. The lowest BCUT2D eigenvalue weighted by atomic mass is 10.1. The van der Waals surface area contributed by atoms with Gasteiger partial charge in [-0.3, -0.25) is 19.7 Å². The Morgan fingerprint density at radius 3 is 2.29 bits per heavy atom. The average molecular weight is 340 g/mol. The molecular formula is C14H20N4O6. The van der Waals surface area contributed by atoms with Gasteiger partial charge in [0, 0.05) is 18.9 Å². The summed E-state index contributed by atoms with van der Waals surface area (Å²) in [4.78, 5) is 44.9. The van der Waals surface area contributed by atoms with Crippen LogP contribution in [0, 0.1) is 10.1 Å². The number of carbonyl (C=O) groups excluding carboxylic acids is 3. The normalized spacial score (nSPS) is 9.38. The molecule has 0 aliphatic heterocycles. The third-order valence-corrected chi connectivity index (χ3v) is 2.72. The monoisotopic (exact) mass is 340 g/mol. The molecule has 1 amide bonds. The van der Waals surface area contributed by atoms with Gasteiger partial charge in [-0.1, -0.05) is 6.42 Å². The van der Waals surface area contributed by atoms with Crippen LogP contribution in [0.5, 0.6) is 0 Å². The van der Waals surface area contributed by atoms with Gasteiger partial charge in [0.05, 0.1) is 12.0 Å². The first-order valence-corrected chi connectivity index (χ1v) is 7.03. The zero-order valence-electron chi connectivity index (χ0n) is 13.3. The van der Waals surface area contributed by atoms with Gasteiger partial charge in [-0.05, 0) is 18.9 Å². The van der Waals surface area contributed by atoms with Crippen molar-refractivity contribution in [2.45, 2.75) is 32.1 Å². The lowest BCUT2D eigenvalue weighted by molar-refractivity contribution is -0.385. The molecule has 0 radical (unpaired) electrons. The number of carbonyl (C=O) groups is 3. The number of Topliss-reactive ketones (excluding diaryl/α,β-unsaturated/α-hetero) is 1. The summed E-state index contributed by atoms with van der Waals surface area (Å²) in [5.41, 5.74) is 10.1. The van der Waals surface area contributed by atoms with Crippen molar-refractivity contribution in [1.82, 2.24) is 4.98 Å². The number of ketones is 1. The largest absolute Gasteiger partial charge is 0.463 e. The summed E-state index contributed by atoms with van der Waals surface area (Å²) in [6, 6.07) is 2.69. The molecule has 132 valence electrons. The van der Waals surface area contributed by atoms with E-state index in [1.54, 1.807) is 0 Å². The van der Waals surface area contributed by atoms with Gasteiger partial charge < -0.3 is 16.2 Å². The van der Waals surface area contributed by atoms with E-state index < -0.39 is 16.7 Å². The maximum absolute atomic E-state index is 10.9. The maximum Gasteiger partial charge on any atom is 0.374 e. The molecule has 0 atom stereocenters. The fourth-order valence-electron chi connectivity index (χ4n) is 1.48. The second kappa shape index (κ2) is 11.5. The molecule has 0 aliphatic carbocycles. The van der Waals surface area contributed by atoms with E-state index in [0.717, 1.165) is 6.20 Å². The number of unbranched alkanes of at least 4 members (excludes halogenated alkanes) is 2. The highest BCUT2D eigenvalue weighted by Gasteiger charge is 2.12. The molecule has 0 fully saturated rings. The van der Waals surface area contributed by atoms with Crippen molar-refractivity contribution in [3.63, 3.8) is 0 Å². The number of methoxy groups -OCH3 is 1.